The van der Waals surface area contributed by atoms with Gasteiger partial charge in [0.1, 0.15) is 5.82 Å². The minimum absolute atomic E-state index is 0.770. The van der Waals surface area contributed by atoms with Crippen molar-refractivity contribution in [3.8, 4) is 0 Å². The molecule has 0 amide bonds. The quantitative estimate of drug-likeness (QED) is 0.853. The minimum atomic E-state index is 0.770. The maximum Gasteiger partial charge on any atom is 0.147 e. The average molecular weight is 232 g/mol. The fraction of sp³-hybridized carbons (Fsp3) is 0.692. The molecule has 4 heteroatoms. The number of hydrogen-bond donors (Lipinski definition) is 1. The Bertz CT molecular complexity index is 350. The van der Waals surface area contributed by atoms with E-state index in [9.17, 15) is 0 Å². The third-order valence-electron chi connectivity index (χ3n) is 3.67. The summed E-state index contributed by atoms with van der Waals surface area (Å²) in [5.74, 6) is 1.80. The van der Waals surface area contributed by atoms with Crippen molar-refractivity contribution < 1.29 is 0 Å². The molecule has 1 aliphatic heterocycles. The second-order valence-corrected chi connectivity index (χ2v) is 5.20. The SMILES string of the molecule is c1cnc(N2CCCC(CNC3CC3)C2)cn1. The summed E-state index contributed by atoms with van der Waals surface area (Å²) in [7, 11) is 0. The largest absolute Gasteiger partial charge is 0.355 e. The molecule has 3 rings (SSSR count). The summed E-state index contributed by atoms with van der Waals surface area (Å²) >= 11 is 0. The predicted molar refractivity (Wildman–Crippen MR) is 68.0 cm³/mol. The van der Waals surface area contributed by atoms with Crippen LogP contribution in [0.2, 0.25) is 0 Å². The first-order chi connectivity index (χ1) is 8.42. The van der Waals surface area contributed by atoms with Crippen LogP contribution in [0.25, 0.3) is 0 Å². The summed E-state index contributed by atoms with van der Waals surface area (Å²) in [4.78, 5) is 10.9. The van der Waals surface area contributed by atoms with Crippen LogP contribution < -0.4 is 10.2 Å². The van der Waals surface area contributed by atoms with Crippen molar-refractivity contribution in [1.82, 2.24) is 15.3 Å². The van der Waals surface area contributed by atoms with Crippen LogP contribution in [0, 0.1) is 5.92 Å². The molecule has 1 aliphatic carbocycles. The van der Waals surface area contributed by atoms with Gasteiger partial charge >= 0.3 is 0 Å². The van der Waals surface area contributed by atoms with Crippen LogP contribution in [0.5, 0.6) is 0 Å². The van der Waals surface area contributed by atoms with E-state index in [0.717, 1.165) is 30.9 Å². The lowest BCUT2D eigenvalue weighted by Crippen LogP contribution is -2.40. The van der Waals surface area contributed by atoms with Crippen molar-refractivity contribution in [2.45, 2.75) is 31.7 Å². The molecule has 92 valence electrons. The van der Waals surface area contributed by atoms with E-state index < -0.39 is 0 Å². The predicted octanol–water partition coefficient (Wildman–Crippen LogP) is 1.44. The first-order valence-corrected chi connectivity index (χ1v) is 6.66. The van der Waals surface area contributed by atoms with Crippen LogP contribution in [0.3, 0.4) is 0 Å². The van der Waals surface area contributed by atoms with Crippen LogP contribution in [-0.4, -0.2) is 35.6 Å². The van der Waals surface area contributed by atoms with E-state index in [4.69, 9.17) is 0 Å². The zero-order valence-corrected chi connectivity index (χ0v) is 10.2. The number of nitrogens with zero attached hydrogens (tertiary/aromatic N) is 3. The third-order valence-corrected chi connectivity index (χ3v) is 3.67. The van der Waals surface area contributed by atoms with Gasteiger partial charge in [-0.1, -0.05) is 0 Å². The number of rotatable bonds is 4. The first kappa shape index (κ1) is 11.0. The normalized spacial score (nSPS) is 24.9. The number of aromatic nitrogens is 2. The lowest BCUT2D eigenvalue weighted by Gasteiger charge is -2.33. The van der Waals surface area contributed by atoms with Crippen molar-refractivity contribution in [2.24, 2.45) is 5.92 Å². The van der Waals surface area contributed by atoms with E-state index in [1.807, 2.05) is 6.20 Å². The Kier molecular flexibility index (Phi) is 3.22. The van der Waals surface area contributed by atoms with Gasteiger partial charge in [0.2, 0.25) is 0 Å². The first-order valence-electron chi connectivity index (χ1n) is 6.66. The molecule has 1 saturated heterocycles. The molecule has 1 unspecified atom stereocenters. The highest BCUT2D eigenvalue weighted by Crippen LogP contribution is 2.23. The monoisotopic (exact) mass is 232 g/mol. The molecule has 1 atom stereocenters. The van der Waals surface area contributed by atoms with Gasteiger partial charge in [-0.15, -0.1) is 0 Å². The molecule has 17 heavy (non-hydrogen) atoms. The average Bonchev–Trinajstić information content (AvgIpc) is 3.22. The topological polar surface area (TPSA) is 41.1 Å². The van der Waals surface area contributed by atoms with Gasteiger partial charge in [-0.3, -0.25) is 4.98 Å². The van der Waals surface area contributed by atoms with Crippen LogP contribution in [0.15, 0.2) is 18.6 Å². The van der Waals surface area contributed by atoms with Gasteiger partial charge in [-0.25, -0.2) is 4.98 Å². The summed E-state index contributed by atoms with van der Waals surface area (Å²) in [6.45, 7) is 3.42. The van der Waals surface area contributed by atoms with E-state index in [0.29, 0.717) is 0 Å². The molecule has 1 aromatic heterocycles. The number of nitrogens with one attached hydrogen (secondary N) is 1. The van der Waals surface area contributed by atoms with Gasteiger partial charge < -0.3 is 10.2 Å². The van der Waals surface area contributed by atoms with Crippen molar-refractivity contribution in [2.75, 3.05) is 24.5 Å². The van der Waals surface area contributed by atoms with E-state index >= 15 is 0 Å². The Hall–Kier alpha value is -1.16. The van der Waals surface area contributed by atoms with Gasteiger partial charge in [-0.2, -0.15) is 0 Å². The van der Waals surface area contributed by atoms with Crippen molar-refractivity contribution in [3.05, 3.63) is 18.6 Å². The fourth-order valence-corrected chi connectivity index (χ4v) is 2.52. The third kappa shape index (κ3) is 2.94. The molecule has 2 heterocycles. The van der Waals surface area contributed by atoms with Crippen molar-refractivity contribution in [1.29, 1.82) is 0 Å². The van der Waals surface area contributed by atoms with E-state index in [1.165, 1.54) is 32.2 Å². The summed E-state index contributed by atoms with van der Waals surface area (Å²) < 4.78 is 0. The summed E-state index contributed by atoms with van der Waals surface area (Å²) in [6.07, 6.45) is 10.8. The highest BCUT2D eigenvalue weighted by molar-refractivity contribution is 5.35. The molecule has 4 nitrogen and oxygen atoms in total. The summed E-state index contributed by atoms with van der Waals surface area (Å²) in [5, 5.41) is 3.64. The molecule has 1 aromatic rings. The van der Waals surface area contributed by atoms with Crippen LogP contribution in [0.4, 0.5) is 5.82 Å². The van der Waals surface area contributed by atoms with Crippen molar-refractivity contribution in [3.63, 3.8) is 0 Å². The Morgan fingerprint density at radius 1 is 1.29 bits per heavy atom. The fourth-order valence-electron chi connectivity index (χ4n) is 2.52. The lowest BCUT2D eigenvalue weighted by atomic mass is 9.98. The molecular weight excluding hydrogens is 212 g/mol. The number of anilines is 1. The van der Waals surface area contributed by atoms with Gasteiger partial charge in [0, 0.05) is 31.5 Å². The van der Waals surface area contributed by atoms with E-state index in [2.05, 4.69) is 20.2 Å². The van der Waals surface area contributed by atoms with Gasteiger partial charge in [0.25, 0.3) is 0 Å². The van der Waals surface area contributed by atoms with Crippen LogP contribution >= 0.6 is 0 Å². The van der Waals surface area contributed by atoms with Crippen LogP contribution in [0.1, 0.15) is 25.7 Å². The molecule has 2 aliphatic rings. The standard InChI is InChI=1S/C13H20N4/c1-2-11(8-16-12-3-4-12)10-17(7-1)13-9-14-5-6-15-13/h5-6,9,11-12,16H,1-4,7-8,10H2. The van der Waals surface area contributed by atoms with E-state index in [1.54, 1.807) is 12.4 Å². The zero-order valence-electron chi connectivity index (χ0n) is 10.2. The number of hydrogen-bond acceptors (Lipinski definition) is 4. The molecule has 0 radical (unpaired) electrons. The molecule has 1 saturated carbocycles. The van der Waals surface area contributed by atoms with Crippen LogP contribution in [-0.2, 0) is 0 Å². The smallest absolute Gasteiger partial charge is 0.147 e. The second kappa shape index (κ2) is 5.00. The van der Waals surface area contributed by atoms with Gasteiger partial charge in [-0.05, 0) is 38.1 Å². The molecule has 0 aromatic carbocycles. The highest BCUT2D eigenvalue weighted by Gasteiger charge is 2.25. The summed E-state index contributed by atoms with van der Waals surface area (Å²) in [6, 6.07) is 0.821. The maximum absolute atomic E-state index is 4.39. The van der Waals surface area contributed by atoms with Crippen molar-refractivity contribution >= 4 is 5.82 Å². The highest BCUT2D eigenvalue weighted by atomic mass is 15.2. The van der Waals surface area contributed by atoms with E-state index in [-0.39, 0.29) is 0 Å². The Balaban J connectivity index is 1.55. The Morgan fingerprint density at radius 3 is 3.00 bits per heavy atom. The Labute approximate surface area is 102 Å². The Morgan fingerprint density at radius 2 is 2.24 bits per heavy atom. The van der Waals surface area contributed by atoms with Gasteiger partial charge in [0.05, 0.1) is 6.20 Å². The molecule has 0 bridgehead atoms. The molecule has 2 fully saturated rings. The maximum atomic E-state index is 4.39. The second-order valence-electron chi connectivity index (χ2n) is 5.20. The minimum Gasteiger partial charge on any atom is -0.355 e. The number of piperidine rings is 1. The van der Waals surface area contributed by atoms with Gasteiger partial charge in [0.15, 0.2) is 0 Å². The lowest BCUT2D eigenvalue weighted by molar-refractivity contribution is 0.389. The molecular formula is C13H20N4. The molecule has 0 spiro atoms. The summed E-state index contributed by atoms with van der Waals surface area (Å²) in [5.41, 5.74) is 0. The molecule has 1 N–H and O–H groups in total. The zero-order chi connectivity index (χ0) is 11.5.